The smallest absolute Gasteiger partial charge is 0.406 e. The number of halogens is 3. The Hall–Kier alpha value is -1.57. The first-order valence-electron chi connectivity index (χ1n) is 7.45. The predicted octanol–water partition coefficient (Wildman–Crippen LogP) is 3.11. The molecule has 0 aromatic carbocycles. The predicted molar refractivity (Wildman–Crippen MR) is 77.6 cm³/mol. The molecular formula is C15H16F3NO3S. The Labute approximate surface area is 134 Å². The van der Waals surface area contributed by atoms with Crippen LogP contribution in [-0.4, -0.2) is 41.1 Å². The number of aliphatic carboxylic acids is 1. The lowest BCUT2D eigenvalue weighted by Gasteiger charge is -2.27. The molecule has 1 saturated heterocycles. The fourth-order valence-electron chi connectivity index (χ4n) is 3.26. The van der Waals surface area contributed by atoms with Crippen LogP contribution < -0.4 is 0 Å². The van der Waals surface area contributed by atoms with Gasteiger partial charge in [0.25, 0.3) is 5.91 Å². The fraction of sp³-hybridized carbons (Fsp3) is 0.600. The standard InChI is InChI=1S/C15H16F3NO3S/c16-15(17,18)14(13(21)22)5-6-19(8-14)12(20)11-7-9-3-1-2-4-10(9)23-11/h7H,1-6,8H2,(H,21,22). The average molecular weight is 347 g/mol. The van der Waals surface area contributed by atoms with Crippen molar-refractivity contribution < 1.29 is 27.9 Å². The van der Waals surface area contributed by atoms with Gasteiger partial charge in [0.1, 0.15) is 0 Å². The van der Waals surface area contributed by atoms with Gasteiger partial charge in [0.15, 0.2) is 5.41 Å². The Bertz CT molecular complexity index is 631. The number of fused-ring (bicyclic) bond motifs is 1. The zero-order valence-corrected chi connectivity index (χ0v) is 13.1. The number of rotatable bonds is 2. The molecule has 0 saturated carbocycles. The van der Waals surface area contributed by atoms with E-state index in [-0.39, 0.29) is 6.54 Å². The summed E-state index contributed by atoms with van der Waals surface area (Å²) in [5.41, 5.74) is -1.75. The van der Waals surface area contributed by atoms with E-state index in [1.807, 2.05) is 0 Å². The van der Waals surface area contributed by atoms with Gasteiger partial charge in [-0.3, -0.25) is 9.59 Å². The van der Waals surface area contributed by atoms with E-state index in [0.29, 0.717) is 4.88 Å². The van der Waals surface area contributed by atoms with Gasteiger partial charge in [-0.1, -0.05) is 0 Å². The van der Waals surface area contributed by atoms with Crippen molar-refractivity contribution in [2.45, 2.75) is 38.3 Å². The van der Waals surface area contributed by atoms with Gasteiger partial charge in [-0.25, -0.2) is 0 Å². The number of carboxylic acid groups (broad SMARTS) is 1. The lowest BCUT2D eigenvalue weighted by molar-refractivity contribution is -0.227. The van der Waals surface area contributed by atoms with Crippen LogP contribution in [0, 0.1) is 5.41 Å². The van der Waals surface area contributed by atoms with Gasteiger partial charge >= 0.3 is 12.1 Å². The van der Waals surface area contributed by atoms with Gasteiger partial charge in [-0.2, -0.15) is 13.2 Å². The molecule has 1 atom stereocenters. The molecule has 8 heteroatoms. The number of carboxylic acids is 1. The maximum atomic E-state index is 13.2. The van der Waals surface area contributed by atoms with E-state index >= 15 is 0 Å². The lowest BCUT2D eigenvalue weighted by Crippen LogP contribution is -2.47. The van der Waals surface area contributed by atoms with Gasteiger partial charge in [0.2, 0.25) is 0 Å². The summed E-state index contributed by atoms with van der Waals surface area (Å²) in [6, 6.07) is 1.76. The van der Waals surface area contributed by atoms with Crippen LogP contribution >= 0.6 is 11.3 Å². The van der Waals surface area contributed by atoms with E-state index in [0.717, 1.165) is 41.0 Å². The molecule has 1 aliphatic heterocycles. The Balaban J connectivity index is 1.82. The summed E-state index contributed by atoms with van der Waals surface area (Å²) in [7, 11) is 0. The molecule has 2 aliphatic rings. The number of carbonyl (C=O) groups excluding carboxylic acids is 1. The highest BCUT2D eigenvalue weighted by molar-refractivity contribution is 7.14. The van der Waals surface area contributed by atoms with Crippen molar-refractivity contribution in [2.75, 3.05) is 13.1 Å². The third-order valence-electron chi connectivity index (χ3n) is 4.72. The molecule has 23 heavy (non-hydrogen) atoms. The molecule has 1 N–H and O–H groups in total. The van der Waals surface area contributed by atoms with Crippen molar-refractivity contribution in [3.05, 3.63) is 21.4 Å². The molecule has 126 valence electrons. The highest BCUT2D eigenvalue weighted by Crippen LogP contribution is 2.46. The number of nitrogens with zero attached hydrogens (tertiary/aromatic N) is 1. The number of hydrogen-bond acceptors (Lipinski definition) is 3. The zero-order valence-electron chi connectivity index (χ0n) is 12.3. The first-order valence-corrected chi connectivity index (χ1v) is 8.27. The molecule has 1 fully saturated rings. The van der Waals surface area contributed by atoms with Crippen LogP contribution in [0.2, 0.25) is 0 Å². The highest BCUT2D eigenvalue weighted by atomic mass is 32.1. The Morgan fingerprint density at radius 3 is 2.52 bits per heavy atom. The zero-order chi connectivity index (χ0) is 16.8. The molecule has 0 spiro atoms. The van der Waals surface area contributed by atoms with Crippen LogP contribution in [0.4, 0.5) is 13.2 Å². The summed E-state index contributed by atoms with van der Waals surface area (Å²) in [6.07, 6.45) is -1.57. The van der Waals surface area contributed by atoms with Crippen molar-refractivity contribution in [3.8, 4) is 0 Å². The van der Waals surface area contributed by atoms with Gasteiger partial charge < -0.3 is 10.0 Å². The van der Waals surface area contributed by atoms with Crippen LogP contribution in [0.15, 0.2) is 6.07 Å². The van der Waals surface area contributed by atoms with E-state index < -0.39 is 36.4 Å². The number of aryl methyl sites for hydroxylation is 2. The number of thiophene rings is 1. The summed E-state index contributed by atoms with van der Waals surface area (Å²) in [4.78, 5) is 26.2. The molecule has 1 aliphatic carbocycles. The van der Waals surface area contributed by atoms with Crippen molar-refractivity contribution in [2.24, 2.45) is 5.41 Å². The Morgan fingerprint density at radius 1 is 1.26 bits per heavy atom. The van der Waals surface area contributed by atoms with Crippen LogP contribution in [0.3, 0.4) is 0 Å². The fourth-order valence-corrected chi connectivity index (χ4v) is 4.48. The Morgan fingerprint density at radius 2 is 1.96 bits per heavy atom. The topological polar surface area (TPSA) is 57.6 Å². The molecule has 0 radical (unpaired) electrons. The lowest BCUT2D eigenvalue weighted by atomic mass is 9.86. The number of alkyl halides is 3. The maximum Gasteiger partial charge on any atom is 0.406 e. The van der Waals surface area contributed by atoms with Crippen molar-refractivity contribution in [3.63, 3.8) is 0 Å². The summed E-state index contributed by atoms with van der Waals surface area (Å²) >= 11 is 1.33. The normalized spacial score (nSPS) is 24.6. The molecule has 1 aromatic heterocycles. The van der Waals surface area contributed by atoms with Crippen LogP contribution in [0.5, 0.6) is 0 Å². The van der Waals surface area contributed by atoms with Crippen LogP contribution in [0.1, 0.15) is 39.4 Å². The quantitative estimate of drug-likeness (QED) is 0.894. The summed E-state index contributed by atoms with van der Waals surface area (Å²) in [6.45, 7) is -1.000. The van der Waals surface area contributed by atoms with Crippen LogP contribution in [0.25, 0.3) is 0 Å². The van der Waals surface area contributed by atoms with Gasteiger partial charge in [0, 0.05) is 18.0 Å². The average Bonchev–Trinajstić information content (AvgIpc) is 3.10. The third kappa shape index (κ3) is 2.62. The minimum Gasteiger partial charge on any atom is -0.481 e. The third-order valence-corrected chi connectivity index (χ3v) is 5.94. The molecule has 1 unspecified atom stereocenters. The summed E-state index contributed by atoms with van der Waals surface area (Å²) in [5.74, 6) is -2.40. The van der Waals surface area contributed by atoms with Crippen molar-refractivity contribution >= 4 is 23.2 Å². The van der Waals surface area contributed by atoms with E-state index in [2.05, 4.69) is 0 Å². The molecule has 4 nitrogen and oxygen atoms in total. The molecule has 3 rings (SSSR count). The molecule has 1 amide bonds. The minimum atomic E-state index is -4.87. The van der Waals surface area contributed by atoms with Crippen molar-refractivity contribution in [1.82, 2.24) is 4.90 Å². The second-order valence-corrected chi connectivity index (χ2v) is 7.26. The molecular weight excluding hydrogens is 331 g/mol. The molecule has 1 aromatic rings. The van der Waals surface area contributed by atoms with Gasteiger partial charge in [-0.15, -0.1) is 11.3 Å². The second-order valence-electron chi connectivity index (χ2n) is 6.13. The van der Waals surface area contributed by atoms with Gasteiger partial charge in [-0.05, 0) is 43.7 Å². The summed E-state index contributed by atoms with van der Waals surface area (Å²) in [5, 5.41) is 9.05. The minimum absolute atomic E-state index is 0.187. The van der Waals surface area contributed by atoms with Gasteiger partial charge in [0.05, 0.1) is 4.88 Å². The van der Waals surface area contributed by atoms with E-state index in [1.54, 1.807) is 6.07 Å². The van der Waals surface area contributed by atoms with E-state index in [9.17, 15) is 22.8 Å². The first-order chi connectivity index (χ1) is 10.7. The summed E-state index contributed by atoms with van der Waals surface area (Å²) < 4.78 is 39.5. The number of amides is 1. The van der Waals surface area contributed by atoms with E-state index in [1.165, 1.54) is 11.3 Å². The van der Waals surface area contributed by atoms with Crippen LogP contribution in [-0.2, 0) is 17.6 Å². The number of hydrogen-bond donors (Lipinski definition) is 1. The Kier molecular flexibility index (Phi) is 3.90. The number of likely N-dealkylation sites (tertiary alicyclic amines) is 1. The van der Waals surface area contributed by atoms with E-state index in [4.69, 9.17) is 5.11 Å². The molecule has 0 bridgehead atoms. The van der Waals surface area contributed by atoms with Crippen molar-refractivity contribution in [1.29, 1.82) is 0 Å². The number of carbonyl (C=O) groups is 2. The largest absolute Gasteiger partial charge is 0.481 e. The molecule has 2 heterocycles. The maximum absolute atomic E-state index is 13.2. The SMILES string of the molecule is O=C(c1cc2c(s1)CCCC2)N1CCC(C(=O)O)(C(F)(F)F)C1. The first kappa shape index (κ1) is 16.3. The monoisotopic (exact) mass is 347 g/mol. The highest BCUT2D eigenvalue weighted by Gasteiger charge is 2.64. The second kappa shape index (κ2) is 5.51.